The average molecular weight is 417 g/mol. The summed E-state index contributed by atoms with van der Waals surface area (Å²) in [6, 6.07) is 14.5. The van der Waals surface area contributed by atoms with Crippen LogP contribution in [0, 0.1) is 0 Å². The van der Waals surface area contributed by atoms with E-state index in [1.54, 1.807) is 12.1 Å². The second-order valence-electron chi connectivity index (χ2n) is 7.31. The third kappa shape index (κ3) is 6.03. The number of likely N-dealkylation sites (N-methyl/N-ethyl adjacent to an activating group) is 1. The molecule has 1 heterocycles. The number of anilines is 2. The van der Waals surface area contributed by atoms with E-state index in [9.17, 15) is 13.2 Å². The van der Waals surface area contributed by atoms with Gasteiger partial charge in [-0.3, -0.25) is 4.79 Å². The van der Waals surface area contributed by atoms with Gasteiger partial charge in [0.15, 0.2) is 0 Å². The summed E-state index contributed by atoms with van der Waals surface area (Å²) in [5, 5.41) is 2.62. The normalized spacial score (nSPS) is 15.3. The van der Waals surface area contributed by atoms with Crippen LogP contribution in [0.2, 0.25) is 0 Å². The van der Waals surface area contributed by atoms with E-state index in [-0.39, 0.29) is 10.8 Å². The van der Waals surface area contributed by atoms with Crippen molar-refractivity contribution in [3.8, 4) is 0 Å². The summed E-state index contributed by atoms with van der Waals surface area (Å²) in [5.41, 5.74) is 2.87. The molecule has 2 aromatic rings. The topological polar surface area (TPSA) is 81.7 Å². The summed E-state index contributed by atoms with van der Waals surface area (Å²) in [5.74, 6) is -0.197. The predicted octanol–water partition coefficient (Wildman–Crippen LogP) is 1.92. The molecule has 0 saturated carbocycles. The molecule has 2 aromatic carbocycles. The molecule has 0 bridgehead atoms. The lowest BCUT2D eigenvalue weighted by Gasteiger charge is -2.34. The van der Waals surface area contributed by atoms with Crippen LogP contribution in [-0.4, -0.2) is 59.0 Å². The van der Waals surface area contributed by atoms with Crippen molar-refractivity contribution in [2.75, 3.05) is 50.0 Å². The number of carbonyl (C=O) groups is 1. The van der Waals surface area contributed by atoms with Crippen LogP contribution in [-0.2, 0) is 21.2 Å². The average Bonchev–Trinajstić information content (AvgIpc) is 2.69. The Bertz CT molecular complexity index is 919. The van der Waals surface area contributed by atoms with Crippen molar-refractivity contribution in [1.29, 1.82) is 0 Å². The molecule has 1 saturated heterocycles. The van der Waals surface area contributed by atoms with Crippen molar-refractivity contribution in [2.45, 2.75) is 18.2 Å². The molecule has 0 aliphatic carbocycles. The molecule has 0 atom stereocenters. The Hall–Kier alpha value is -2.42. The molecule has 0 aromatic heterocycles. The van der Waals surface area contributed by atoms with E-state index in [1.807, 2.05) is 0 Å². The molecule has 29 heavy (non-hydrogen) atoms. The smallest absolute Gasteiger partial charge is 0.240 e. The maximum Gasteiger partial charge on any atom is 0.240 e. The Morgan fingerprint density at radius 1 is 0.966 bits per heavy atom. The molecule has 3 rings (SSSR count). The van der Waals surface area contributed by atoms with Crippen LogP contribution < -0.4 is 14.9 Å². The van der Waals surface area contributed by atoms with Crippen molar-refractivity contribution in [2.24, 2.45) is 0 Å². The Balaban J connectivity index is 1.51. The maximum atomic E-state index is 12.4. The molecule has 1 aliphatic heterocycles. The molecule has 7 nitrogen and oxygen atoms in total. The van der Waals surface area contributed by atoms with E-state index in [4.69, 9.17) is 0 Å². The van der Waals surface area contributed by atoms with Gasteiger partial charge < -0.3 is 15.1 Å². The van der Waals surface area contributed by atoms with Crippen molar-refractivity contribution in [1.82, 2.24) is 9.62 Å². The fourth-order valence-electron chi connectivity index (χ4n) is 3.27. The van der Waals surface area contributed by atoms with Crippen LogP contribution >= 0.6 is 0 Å². The van der Waals surface area contributed by atoms with Crippen molar-refractivity contribution in [3.05, 3.63) is 54.1 Å². The first-order chi connectivity index (χ1) is 13.8. The maximum absolute atomic E-state index is 12.4. The summed E-state index contributed by atoms with van der Waals surface area (Å²) < 4.78 is 27.5. The summed E-state index contributed by atoms with van der Waals surface area (Å²) in [6.45, 7) is 5.91. The van der Waals surface area contributed by atoms with Crippen LogP contribution in [0.4, 0.5) is 11.4 Å². The minimum atomic E-state index is -3.58. The van der Waals surface area contributed by atoms with E-state index in [2.05, 4.69) is 51.2 Å². The summed E-state index contributed by atoms with van der Waals surface area (Å²) >= 11 is 0. The van der Waals surface area contributed by atoms with Crippen molar-refractivity contribution < 1.29 is 13.2 Å². The summed E-state index contributed by atoms with van der Waals surface area (Å²) in [7, 11) is -1.44. The van der Waals surface area contributed by atoms with Gasteiger partial charge >= 0.3 is 0 Å². The third-order valence-electron chi connectivity index (χ3n) is 5.00. The van der Waals surface area contributed by atoms with Gasteiger partial charge in [0.25, 0.3) is 0 Å². The quantitative estimate of drug-likeness (QED) is 0.721. The predicted molar refractivity (Wildman–Crippen MR) is 116 cm³/mol. The Kier molecular flexibility index (Phi) is 6.89. The van der Waals surface area contributed by atoms with Gasteiger partial charge in [0.05, 0.1) is 4.90 Å². The van der Waals surface area contributed by atoms with E-state index >= 15 is 0 Å². The highest BCUT2D eigenvalue weighted by Gasteiger charge is 2.15. The second kappa shape index (κ2) is 9.39. The van der Waals surface area contributed by atoms with Crippen molar-refractivity contribution in [3.63, 3.8) is 0 Å². The molecule has 1 aliphatic rings. The molecule has 0 unspecified atom stereocenters. The molecule has 1 fully saturated rings. The van der Waals surface area contributed by atoms with E-state index < -0.39 is 10.0 Å². The fraction of sp³-hybridized carbons (Fsp3) is 0.381. The van der Waals surface area contributed by atoms with Crippen LogP contribution in [0.5, 0.6) is 0 Å². The number of rotatable bonds is 7. The van der Waals surface area contributed by atoms with Crippen LogP contribution in [0.15, 0.2) is 53.4 Å². The first-order valence-corrected chi connectivity index (χ1v) is 11.2. The van der Waals surface area contributed by atoms with Crippen molar-refractivity contribution >= 4 is 27.3 Å². The number of sulfonamides is 1. The van der Waals surface area contributed by atoms with E-state index in [1.165, 1.54) is 24.7 Å². The summed E-state index contributed by atoms with van der Waals surface area (Å²) in [6.07, 6.45) is 0.617. The molecular weight excluding hydrogens is 388 g/mol. The number of hydrogen-bond donors (Lipinski definition) is 2. The first kappa shape index (κ1) is 21.3. The Labute approximate surface area is 172 Å². The monoisotopic (exact) mass is 416 g/mol. The van der Waals surface area contributed by atoms with Gasteiger partial charge in [0.1, 0.15) is 0 Å². The van der Waals surface area contributed by atoms with Gasteiger partial charge in [-0.05, 0) is 55.4 Å². The van der Waals surface area contributed by atoms with E-state index in [0.29, 0.717) is 18.7 Å². The SMILES string of the molecule is CC(=O)Nc1ccc(S(=O)(=O)NCCc2ccc(N3CCN(C)CC3)cc2)cc1. The van der Waals surface area contributed by atoms with Gasteiger partial charge in [-0.15, -0.1) is 0 Å². The highest BCUT2D eigenvalue weighted by atomic mass is 32.2. The van der Waals surface area contributed by atoms with Gasteiger partial charge in [0.2, 0.25) is 15.9 Å². The first-order valence-electron chi connectivity index (χ1n) is 9.73. The van der Waals surface area contributed by atoms with Gasteiger partial charge in [-0.25, -0.2) is 13.1 Å². The van der Waals surface area contributed by atoms with Gasteiger partial charge in [-0.1, -0.05) is 12.1 Å². The molecular formula is C21H28N4O3S. The Morgan fingerprint density at radius 2 is 1.59 bits per heavy atom. The number of piperazine rings is 1. The van der Waals surface area contributed by atoms with Crippen LogP contribution in [0.1, 0.15) is 12.5 Å². The molecule has 1 amide bonds. The number of carbonyl (C=O) groups excluding carboxylic acids is 1. The zero-order valence-corrected chi connectivity index (χ0v) is 17.7. The van der Waals surface area contributed by atoms with Gasteiger partial charge in [0, 0.05) is 51.0 Å². The highest BCUT2D eigenvalue weighted by Crippen LogP contribution is 2.18. The van der Waals surface area contributed by atoms with Crippen LogP contribution in [0.3, 0.4) is 0 Å². The van der Waals surface area contributed by atoms with E-state index in [0.717, 1.165) is 31.7 Å². The number of hydrogen-bond acceptors (Lipinski definition) is 5. The zero-order chi connectivity index (χ0) is 20.9. The lowest BCUT2D eigenvalue weighted by atomic mass is 10.1. The molecule has 0 spiro atoms. The minimum absolute atomic E-state index is 0.178. The van der Waals surface area contributed by atoms with Gasteiger partial charge in [-0.2, -0.15) is 0 Å². The number of benzene rings is 2. The lowest BCUT2D eigenvalue weighted by Crippen LogP contribution is -2.44. The number of nitrogens with one attached hydrogen (secondary N) is 2. The second-order valence-corrected chi connectivity index (χ2v) is 9.08. The number of nitrogens with zero attached hydrogens (tertiary/aromatic N) is 2. The highest BCUT2D eigenvalue weighted by molar-refractivity contribution is 7.89. The largest absolute Gasteiger partial charge is 0.369 e. The molecule has 2 N–H and O–H groups in total. The minimum Gasteiger partial charge on any atom is -0.369 e. The molecule has 0 radical (unpaired) electrons. The fourth-order valence-corrected chi connectivity index (χ4v) is 4.30. The molecule has 8 heteroatoms. The lowest BCUT2D eigenvalue weighted by molar-refractivity contribution is -0.114. The zero-order valence-electron chi connectivity index (χ0n) is 16.9. The number of amides is 1. The third-order valence-corrected chi connectivity index (χ3v) is 6.47. The van der Waals surface area contributed by atoms with Crippen LogP contribution in [0.25, 0.3) is 0 Å². The summed E-state index contributed by atoms with van der Waals surface area (Å²) in [4.78, 5) is 15.9. The molecule has 156 valence electrons. The Morgan fingerprint density at radius 3 is 2.17 bits per heavy atom. The standard InChI is InChI=1S/C21H28N4O3S/c1-17(26)23-19-5-9-21(10-6-19)29(27,28)22-12-11-18-3-7-20(8-4-18)25-15-13-24(2)14-16-25/h3-10,22H,11-16H2,1-2H3,(H,23,26).